The summed E-state index contributed by atoms with van der Waals surface area (Å²) in [5, 5.41) is 0.580. The van der Waals surface area contributed by atoms with E-state index in [1.165, 1.54) is 25.7 Å². The second kappa shape index (κ2) is 5.20. The summed E-state index contributed by atoms with van der Waals surface area (Å²) in [5.41, 5.74) is 0. The van der Waals surface area contributed by atoms with Gasteiger partial charge in [-0.05, 0) is 11.5 Å². The molecule has 0 aliphatic rings. The molecule has 0 aromatic heterocycles. The zero-order valence-corrected chi connectivity index (χ0v) is 9.58. The van der Waals surface area contributed by atoms with E-state index in [0.717, 1.165) is 0 Å². The standard InChI is InChI=1S/C8H19ClSi/c1-4-7-8(5-2,6-3)10-9/h4-7,10H2,1-3H3. The van der Waals surface area contributed by atoms with Crippen LogP contribution < -0.4 is 0 Å². The maximum Gasteiger partial charge on any atom is 0.131 e. The van der Waals surface area contributed by atoms with E-state index < -0.39 is 0 Å². The molecule has 62 valence electrons. The van der Waals surface area contributed by atoms with E-state index in [1.54, 1.807) is 0 Å². The van der Waals surface area contributed by atoms with Crippen LogP contribution in [0.4, 0.5) is 0 Å². The van der Waals surface area contributed by atoms with Crippen LogP contribution in [0.1, 0.15) is 46.5 Å². The van der Waals surface area contributed by atoms with Crippen molar-refractivity contribution < 1.29 is 0 Å². The molecule has 0 fully saturated rings. The van der Waals surface area contributed by atoms with E-state index in [0.29, 0.717) is 5.04 Å². The fourth-order valence-electron chi connectivity index (χ4n) is 1.39. The lowest BCUT2D eigenvalue weighted by atomic mass is 9.96. The summed E-state index contributed by atoms with van der Waals surface area (Å²) in [5.74, 6) is 0. The minimum Gasteiger partial charge on any atom is -0.176 e. The van der Waals surface area contributed by atoms with Gasteiger partial charge in [-0.1, -0.05) is 40.0 Å². The van der Waals surface area contributed by atoms with Gasteiger partial charge in [0.25, 0.3) is 0 Å². The molecule has 0 unspecified atom stereocenters. The fraction of sp³-hybridized carbons (Fsp3) is 1.00. The third-order valence-electron chi connectivity index (χ3n) is 2.56. The zero-order chi connectivity index (χ0) is 8.04. The second-order valence-electron chi connectivity index (χ2n) is 3.09. The first-order valence-corrected chi connectivity index (χ1v) is 7.15. The molecule has 0 rings (SSSR count). The Hall–Kier alpha value is 0.507. The summed E-state index contributed by atoms with van der Waals surface area (Å²) in [6.07, 6.45) is 5.21. The first-order chi connectivity index (χ1) is 4.74. The molecule has 0 aliphatic heterocycles. The number of hydrogen-bond acceptors (Lipinski definition) is 0. The van der Waals surface area contributed by atoms with Crippen molar-refractivity contribution in [2.45, 2.75) is 51.5 Å². The maximum atomic E-state index is 6.04. The minimum atomic E-state index is -0.318. The molecule has 0 aromatic rings. The minimum absolute atomic E-state index is 0.318. The van der Waals surface area contributed by atoms with Crippen LogP contribution in [0.25, 0.3) is 0 Å². The van der Waals surface area contributed by atoms with Gasteiger partial charge in [-0.3, -0.25) is 0 Å². The monoisotopic (exact) mass is 178 g/mol. The molecule has 0 nitrogen and oxygen atoms in total. The molecule has 0 heterocycles. The lowest BCUT2D eigenvalue weighted by molar-refractivity contribution is 0.473. The van der Waals surface area contributed by atoms with E-state index >= 15 is 0 Å². The van der Waals surface area contributed by atoms with Gasteiger partial charge in [-0.25, -0.2) is 0 Å². The Balaban J connectivity index is 3.87. The topological polar surface area (TPSA) is 0 Å². The average molecular weight is 179 g/mol. The summed E-state index contributed by atoms with van der Waals surface area (Å²) >= 11 is 6.04. The average Bonchev–Trinajstić information content (AvgIpc) is 2.01. The Kier molecular flexibility index (Phi) is 5.46. The van der Waals surface area contributed by atoms with Crippen molar-refractivity contribution in [2.75, 3.05) is 0 Å². The molecule has 2 heteroatoms. The summed E-state index contributed by atoms with van der Waals surface area (Å²) in [6, 6.07) is 0. The van der Waals surface area contributed by atoms with Crippen LogP contribution in [-0.4, -0.2) is 8.83 Å². The Morgan fingerprint density at radius 1 is 1.20 bits per heavy atom. The van der Waals surface area contributed by atoms with Crippen LogP contribution in [0, 0.1) is 0 Å². The van der Waals surface area contributed by atoms with Gasteiger partial charge in [0.1, 0.15) is 8.83 Å². The van der Waals surface area contributed by atoms with Gasteiger partial charge in [-0.15, -0.1) is 0 Å². The van der Waals surface area contributed by atoms with Crippen LogP contribution in [0.15, 0.2) is 0 Å². The van der Waals surface area contributed by atoms with E-state index in [9.17, 15) is 0 Å². The summed E-state index contributed by atoms with van der Waals surface area (Å²) < 4.78 is 0. The van der Waals surface area contributed by atoms with E-state index in [2.05, 4.69) is 20.8 Å². The predicted molar refractivity (Wildman–Crippen MR) is 52.6 cm³/mol. The van der Waals surface area contributed by atoms with Gasteiger partial charge < -0.3 is 0 Å². The molecular formula is C8H19ClSi. The Morgan fingerprint density at radius 2 is 1.70 bits per heavy atom. The Bertz CT molecular complexity index is 71.1. The summed E-state index contributed by atoms with van der Waals surface area (Å²) in [7, 11) is -0.318. The lowest BCUT2D eigenvalue weighted by Gasteiger charge is -2.27. The van der Waals surface area contributed by atoms with Crippen molar-refractivity contribution >= 4 is 19.9 Å². The third kappa shape index (κ3) is 2.63. The quantitative estimate of drug-likeness (QED) is 0.449. The molecule has 0 aromatic carbocycles. The molecular weight excluding hydrogens is 160 g/mol. The van der Waals surface area contributed by atoms with Crippen molar-refractivity contribution in [3.8, 4) is 0 Å². The molecule has 0 spiro atoms. The van der Waals surface area contributed by atoms with Crippen LogP contribution in [0.5, 0.6) is 0 Å². The molecule has 0 saturated heterocycles. The number of rotatable bonds is 5. The highest BCUT2D eigenvalue weighted by molar-refractivity contribution is 6.95. The first-order valence-electron chi connectivity index (χ1n) is 4.30. The van der Waals surface area contributed by atoms with Crippen LogP contribution in [-0.2, 0) is 0 Å². The van der Waals surface area contributed by atoms with Gasteiger partial charge in [-0.2, -0.15) is 11.1 Å². The highest BCUT2D eigenvalue weighted by atomic mass is 35.6. The van der Waals surface area contributed by atoms with Crippen LogP contribution in [0.2, 0.25) is 5.04 Å². The van der Waals surface area contributed by atoms with E-state index in [4.69, 9.17) is 11.1 Å². The summed E-state index contributed by atoms with van der Waals surface area (Å²) in [4.78, 5) is 0. The molecule has 0 amide bonds. The maximum absolute atomic E-state index is 6.04. The lowest BCUT2D eigenvalue weighted by Crippen LogP contribution is -2.14. The van der Waals surface area contributed by atoms with Gasteiger partial charge in [0.05, 0.1) is 0 Å². The van der Waals surface area contributed by atoms with Crippen molar-refractivity contribution in [2.24, 2.45) is 0 Å². The fourth-order valence-corrected chi connectivity index (χ4v) is 3.79. The van der Waals surface area contributed by atoms with Crippen LogP contribution in [0.3, 0.4) is 0 Å². The molecule has 0 aliphatic carbocycles. The predicted octanol–water partition coefficient (Wildman–Crippen LogP) is 3.09. The van der Waals surface area contributed by atoms with Crippen LogP contribution >= 0.6 is 11.1 Å². The van der Waals surface area contributed by atoms with Gasteiger partial charge in [0.2, 0.25) is 0 Å². The number of hydrogen-bond donors (Lipinski definition) is 0. The molecule has 0 atom stereocenters. The normalized spacial score (nSPS) is 13.2. The van der Waals surface area contributed by atoms with Crippen molar-refractivity contribution in [3.05, 3.63) is 0 Å². The van der Waals surface area contributed by atoms with Gasteiger partial charge in [0.15, 0.2) is 0 Å². The SMILES string of the molecule is CCCC(CC)(CC)[SiH2]Cl. The highest BCUT2D eigenvalue weighted by Gasteiger charge is 2.23. The Labute approximate surface area is 71.9 Å². The summed E-state index contributed by atoms with van der Waals surface area (Å²) in [6.45, 7) is 6.80. The smallest absolute Gasteiger partial charge is 0.131 e. The molecule has 10 heavy (non-hydrogen) atoms. The number of halogens is 1. The molecule has 0 saturated carbocycles. The third-order valence-corrected chi connectivity index (χ3v) is 6.19. The molecule has 0 bridgehead atoms. The highest BCUT2D eigenvalue weighted by Crippen LogP contribution is 2.39. The van der Waals surface area contributed by atoms with Crippen molar-refractivity contribution in [3.63, 3.8) is 0 Å². The van der Waals surface area contributed by atoms with Gasteiger partial charge >= 0.3 is 0 Å². The van der Waals surface area contributed by atoms with Gasteiger partial charge in [0, 0.05) is 0 Å². The zero-order valence-electron chi connectivity index (χ0n) is 7.41. The Morgan fingerprint density at radius 3 is 1.80 bits per heavy atom. The van der Waals surface area contributed by atoms with E-state index in [-0.39, 0.29) is 8.83 Å². The van der Waals surface area contributed by atoms with E-state index in [1.807, 2.05) is 0 Å². The molecule has 0 radical (unpaired) electrons. The second-order valence-corrected chi connectivity index (χ2v) is 5.66. The largest absolute Gasteiger partial charge is 0.176 e. The van der Waals surface area contributed by atoms with Crippen molar-refractivity contribution in [1.29, 1.82) is 0 Å². The van der Waals surface area contributed by atoms with Crippen molar-refractivity contribution in [1.82, 2.24) is 0 Å². The first kappa shape index (κ1) is 10.5. The molecule has 0 N–H and O–H groups in total.